The molecule has 1 aromatic heterocycles. The number of anilines is 2. The third-order valence-electron chi connectivity index (χ3n) is 5.49. The Kier molecular flexibility index (Phi) is 5.51. The highest BCUT2D eigenvalue weighted by atomic mass is 16.5. The molecule has 0 atom stereocenters. The largest absolute Gasteiger partial charge is 0.377 e. The molecular weight excluding hydrogens is 406 g/mol. The number of carbonyl (C=O) groups is 2. The molecule has 5 rings (SSSR count). The monoisotopic (exact) mass is 429 g/mol. The number of H-pyrrole nitrogens is 1. The van der Waals surface area contributed by atoms with Crippen molar-refractivity contribution in [2.24, 2.45) is 4.99 Å². The highest BCUT2D eigenvalue weighted by molar-refractivity contribution is 5.96. The number of hydrogen-bond acceptors (Lipinski definition) is 5. The van der Waals surface area contributed by atoms with Gasteiger partial charge in [0.05, 0.1) is 19.3 Å². The van der Waals surface area contributed by atoms with Gasteiger partial charge in [0.2, 0.25) is 5.62 Å². The Bertz CT molecular complexity index is 1210. The second kappa shape index (κ2) is 8.76. The van der Waals surface area contributed by atoms with Crippen LogP contribution in [-0.2, 0) is 4.74 Å². The summed E-state index contributed by atoms with van der Waals surface area (Å²) < 4.78 is 5.11. The maximum absolute atomic E-state index is 12.6. The smallest absolute Gasteiger partial charge is 0.280 e. The molecule has 2 aliphatic rings. The number of nitrogens with zero attached hydrogens (tertiary/aromatic N) is 2. The van der Waals surface area contributed by atoms with Gasteiger partial charge in [-0.2, -0.15) is 4.99 Å². The summed E-state index contributed by atoms with van der Waals surface area (Å²) in [5.74, 6) is -0.0398. The van der Waals surface area contributed by atoms with Gasteiger partial charge in [0.15, 0.2) is 0 Å². The summed E-state index contributed by atoms with van der Waals surface area (Å²) in [7, 11) is 0. The topological polar surface area (TPSA) is 108 Å². The van der Waals surface area contributed by atoms with E-state index in [-0.39, 0.29) is 23.5 Å². The summed E-state index contributed by atoms with van der Waals surface area (Å²) in [6.07, 6.45) is 5.43. The van der Waals surface area contributed by atoms with Crippen LogP contribution in [0.1, 0.15) is 45.0 Å². The predicted molar refractivity (Wildman–Crippen MR) is 119 cm³/mol. The van der Waals surface area contributed by atoms with E-state index in [2.05, 4.69) is 25.6 Å². The average Bonchev–Trinajstić information content (AvgIpc) is 3.62. The summed E-state index contributed by atoms with van der Waals surface area (Å²) in [5, 5.41) is 6.38. The van der Waals surface area contributed by atoms with Crippen molar-refractivity contribution in [3.05, 3.63) is 83.2 Å². The fourth-order valence-electron chi connectivity index (χ4n) is 3.56. The number of carbonyl (C=O) groups excluding carboxylic acids is 2. The minimum atomic E-state index is -0.341. The number of amides is 2. The van der Waals surface area contributed by atoms with Crippen LogP contribution in [0.4, 0.5) is 11.4 Å². The van der Waals surface area contributed by atoms with Crippen LogP contribution >= 0.6 is 0 Å². The van der Waals surface area contributed by atoms with E-state index in [1.54, 1.807) is 30.6 Å². The van der Waals surface area contributed by atoms with Crippen molar-refractivity contribution in [2.45, 2.75) is 24.8 Å². The summed E-state index contributed by atoms with van der Waals surface area (Å²) >= 11 is 0. The number of hydrogen-bond donors (Lipinski definition) is 3. The van der Waals surface area contributed by atoms with Crippen LogP contribution in [0.25, 0.3) is 0 Å². The molecule has 32 heavy (non-hydrogen) atoms. The lowest BCUT2D eigenvalue weighted by Crippen LogP contribution is -2.48. The SMILES string of the molecule is O=C(N=c1nccc[nH]1)c1ccc(Nc2cccc(C(=O)NC3COC3)c2)c(C2CC2)c1. The molecule has 8 heteroatoms. The van der Waals surface area contributed by atoms with Crippen molar-refractivity contribution in [1.29, 1.82) is 0 Å². The highest BCUT2D eigenvalue weighted by Gasteiger charge is 2.27. The van der Waals surface area contributed by atoms with Crippen LogP contribution in [0.5, 0.6) is 0 Å². The van der Waals surface area contributed by atoms with E-state index in [0.29, 0.717) is 30.3 Å². The van der Waals surface area contributed by atoms with Crippen LogP contribution in [-0.4, -0.2) is 41.0 Å². The number of rotatable bonds is 6. The number of aromatic nitrogens is 2. The lowest BCUT2D eigenvalue weighted by molar-refractivity contribution is -0.00346. The van der Waals surface area contributed by atoms with Gasteiger partial charge >= 0.3 is 0 Å². The van der Waals surface area contributed by atoms with Gasteiger partial charge in [0.1, 0.15) is 0 Å². The Morgan fingerprint density at radius 2 is 1.94 bits per heavy atom. The molecule has 2 aromatic carbocycles. The van der Waals surface area contributed by atoms with Crippen LogP contribution in [0.2, 0.25) is 0 Å². The predicted octanol–water partition coefficient (Wildman–Crippen LogP) is 2.90. The van der Waals surface area contributed by atoms with Crippen LogP contribution < -0.4 is 16.3 Å². The summed E-state index contributed by atoms with van der Waals surface area (Å²) in [6.45, 7) is 1.12. The Balaban J connectivity index is 1.37. The summed E-state index contributed by atoms with van der Waals surface area (Å²) in [4.78, 5) is 36.0. The molecule has 1 aliphatic carbocycles. The first-order chi connectivity index (χ1) is 15.7. The zero-order chi connectivity index (χ0) is 21.9. The maximum Gasteiger partial charge on any atom is 0.280 e. The lowest BCUT2D eigenvalue weighted by atomic mass is 10.0. The van der Waals surface area contributed by atoms with E-state index in [1.165, 1.54) is 0 Å². The van der Waals surface area contributed by atoms with Gasteiger partial charge in [0, 0.05) is 34.9 Å². The van der Waals surface area contributed by atoms with E-state index in [0.717, 1.165) is 29.8 Å². The molecule has 0 bridgehead atoms. The average molecular weight is 429 g/mol. The van der Waals surface area contributed by atoms with Crippen molar-refractivity contribution in [3.8, 4) is 0 Å². The molecular formula is C24H23N5O3. The first kappa shape index (κ1) is 20.1. The standard InChI is InChI=1S/C24H23N5O3/c30-22(28-19-13-32-14-19)16-3-1-4-18(11-16)27-21-8-7-17(12-20(21)15-5-6-15)23(31)29-24-25-9-2-10-26-24/h1-4,7-12,15,19,27H,5-6,13-14H2,(H,28,30)(H,25,26,29,31). The van der Waals surface area contributed by atoms with Gasteiger partial charge in [0.25, 0.3) is 11.8 Å². The zero-order valence-corrected chi connectivity index (χ0v) is 17.4. The number of ether oxygens (including phenoxy) is 1. The molecule has 3 aromatic rings. The molecule has 1 saturated carbocycles. The van der Waals surface area contributed by atoms with E-state index in [9.17, 15) is 9.59 Å². The summed E-state index contributed by atoms with van der Waals surface area (Å²) in [5.41, 5.74) is 4.21. The van der Waals surface area contributed by atoms with Crippen LogP contribution in [0, 0.1) is 0 Å². The second-order valence-corrected chi connectivity index (χ2v) is 8.01. The van der Waals surface area contributed by atoms with E-state index >= 15 is 0 Å². The Hall–Kier alpha value is -3.78. The minimum absolute atomic E-state index is 0.0831. The van der Waals surface area contributed by atoms with E-state index in [1.807, 2.05) is 30.3 Å². The molecule has 1 saturated heterocycles. The Morgan fingerprint density at radius 3 is 2.66 bits per heavy atom. The number of benzene rings is 2. The van der Waals surface area contributed by atoms with E-state index < -0.39 is 0 Å². The van der Waals surface area contributed by atoms with E-state index in [4.69, 9.17) is 4.74 Å². The molecule has 0 spiro atoms. The van der Waals surface area contributed by atoms with Gasteiger partial charge in [-0.1, -0.05) is 6.07 Å². The van der Waals surface area contributed by atoms with Gasteiger partial charge in [-0.25, -0.2) is 4.98 Å². The van der Waals surface area contributed by atoms with Crippen LogP contribution in [0.15, 0.2) is 65.9 Å². The van der Waals surface area contributed by atoms with Gasteiger partial charge in [-0.15, -0.1) is 0 Å². The fourth-order valence-corrected chi connectivity index (χ4v) is 3.56. The highest BCUT2D eigenvalue weighted by Crippen LogP contribution is 2.44. The third kappa shape index (κ3) is 4.60. The number of aromatic amines is 1. The first-order valence-electron chi connectivity index (χ1n) is 10.6. The first-order valence-corrected chi connectivity index (χ1v) is 10.6. The van der Waals surface area contributed by atoms with Crippen LogP contribution in [0.3, 0.4) is 0 Å². The van der Waals surface area contributed by atoms with Gasteiger partial charge in [-0.05, 0) is 66.8 Å². The third-order valence-corrected chi connectivity index (χ3v) is 5.49. The molecule has 162 valence electrons. The molecule has 1 aliphatic heterocycles. The molecule has 8 nitrogen and oxygen atoms in total. The lowest BCUT2D eigenvalue weighted by Gasteiger charge is -2.26. The molecule has 2 amide bonds. The van der Waals surface area contributed by atoms with Gasteiger partial charge < -0.3 is 20.4 Å². The quantitative estimate of drug-likeness (QED) is 0.558. The Labute approximate surface area is 184 Å². The molecule has 0 unspecified atom stereocenters. The maximum atomic E-state index is 12.6. The zero-order valence-electron chi connectivity index (χ0n) is 17.4. The minimum Gasteiger partial charge on any atom is -0.377 e. The van der Waals surface area contributed by atoms with Crippen molar-refractivity contribution in [1.82, 2.24) is 15.3 Å². The van der Waals surface area contributed by atoms with Crippen molar-refractivity contribution < 1.29 is 14.3 Å². The molecule has 2 heterocycles. The second-order valence-electron chi connectivity index (χ2n) is 8.01. The number of nitrogens with one attached hydrogen (secondary N) is 3. The van der Waals surface area contributed by atoms with Crippen molar-refractivity contribution >= 4 is 23.2 Å². The Morgan fingerprint density at radius 1 is 1.06 bits per heavy atom. The molecule has 3 N–H and O–H groups in total. The fraction of sp³-hybridized carbons (Fsp3) is 0.250. The van der Waals surface area contributed by atoms with Gasteiger partial charge in [-0.3, -0.25) is 9.59 Å². The normalized spacial score (nSPS) is 16.3. The molecule has 2 fully saturated rings. The molecule has 0 radical (unpaired) electrons. The van der Waals surface area contributed by atoms with Crippen molar-refractivity contribution in [3.63, 3.8) is 0 Å². The van der Waals surface area contributed by atoms with Crippen molar-refractivity contribution in [2.75, 3.05) is 18.5 Å². The summed E-state index contributed by atoms with van der Waals surface area (Å²) in [6, 6.07) is 14.8.